The third-order valence-corrected chi connectivity index (χ3v) is 11.3. The van der Waals surface area contributed by atoms with Gasteiger partial charge in [0.15, 0.2) is 11.6 Å². The number of methoxy groups -OCH3 is 2. The molecule has 318 valence electrons. The number of carbonyl (C=O) groups excluding carboxylic acids is 4. The zero-order valence-electron chi connectivity index (χ0n) is 33.9. The molecular formula is C42H46F4N8O6. The fourth-order valence-electron chi connectivity index (χ4n) is 8.23. The van der Waals surface area contributed by atoms with E-state index in [4.69, 9.17) is 9.47 Å². The monoisotopic (exact) mass is 834 g/mol. The summed E-state index contributed by atoms with van der Waals surface area (Å²) in [7, 11) is 2.40. The van der Waals surface area contributed by atoms with E-state index in [1.807, 2.05) is 0 Å². The molecule has 4 amide bonds. The molecule has 0 saturated carbocycles. The van der Waals surface area contributed by atoms with Crippen molar-refractivity contribution in [3.63, 3.8) is 0 Å². The van der Waals surface area contributed by atoms with Gasteiger partial charge < -0.3 is 39.9 Å². The van der Waals surface area contributed by atoms with Gasteiger partial charge in [0.05, 0.1) is 48.5 Å². The number of alkyl carbamates (subject to hydrolysis) is 2. The first kappa shape index (κ1) is 41.9. The minimum Gasteiger partial charge on any atom is -0.453 e. The highest BCUT2D eigenvalue weighted by atomic mass is 19.1. The first-order valence-corrected chi connectivity index (χ1v) is 19.8. The zero-order chi connectivity index (χ0) is 43.2. The molecule has 2 aromatic heterocycles. The van der Waals surface area contributed by atoms with Crippen molar-refractivity contribution < 1.29 is 46.2 Å². The SMILES string of the molecule is COC(=O)N[C@H](C(=O)N1CCC[C@H]1c1nc2c(F)c(-c3ccc(-c4c(F)cc5nc([C@@H]6CCCN6C(=O)[C@@H](NC(=O)OC)C(C)C)[nH]c5c4F)cc3)c(F)cc2[nH]1)C(C)C. The average molecular weight is 835 g/mol. The summed E-state index contributed by atoms with van der Waals surface area (Å²) in [6.07, 6.45) is 0.740. The maximum Gasteiger partial charge on any atom is 0.407 e. The van der Waals surface area contributed by atoms with Crippen LogP contribution in [-0.2, 0) is 19.1 Å². The summed E-state index contributed by atoms with van der Waals surface area (Å²) in [5.41, 5.74) is -0.775. The van der Waals surface area contributed by atoms with Crippen LogP contribution in [0.3, 0.4) is 0 Å². The molecule has 4 atom stereocenters. The van der Waals surface area contributed by atoms with Gasteiger partial charge in [-0.2, -0.15) is 0 Å². The summed E-state index contributed by atoms with van der Waals surface area (Å²) in [6, 6.07) is 4.66. The van der Waals surface area contributed by atoms with Gasteiger partial charge in [0.2, 0.25) is 11.8 Å². The molecule has 0 unspecified atom stereocenters. The molecule has 0 radical (unpaired) electrons. The topological polar surface area (TPSA) is 175 Å². The van der Waals surface area contributed by atoms with E-state index in [1.54, 1.807) is 37.5 Å². The molecule has 2 aliphatic rings. The number of imidazole rings is 2. The summed E-state index contributed by atoms with van der Waals surface area (Å²) in [5, 5.41) is 5.15. The van der Waals surface area contributed by atoms with E-state index in [-0.39, 0.29) is 68.5 Å². The van der Waals surface area contributed by atoms with Gasteiger partial charge in [0.25, 0.3) is 0 Å². The lowest BCUT2D eigenvalue weighted by Gasteiger charge is -2.29. The summed E-state index contributed by atoms with van der Waals surface area (Å²) in [6.45, 7) is 7.87. The highest BCUT2D eigenvalue weighted by Gasteiger charge is 2.39. The van der Waals surface area contributed by atoms with Gasteiger partial charge in [-0.25, -0.2) is 37.1 Å². The van der Waals surface area contributed by atoms with Crippen LogP contribution in [0.1, 0.15) is 77.1 Å². The van der Waals surface area contributed by atoms with Gasteiger partial charge in [-0.15, -0.1) is 0 Å². The number of nitrogens with one attached hydrogen (secondary N) is 4. The zero-order valence-corrected chi connectivity index (χ0v) is 33.9. The third kappa shape index (κ3) is 7.70. The quantitative estimate of drug-likeness (QED) is 0.105. The Hall–Kier alpha value is -6.20. The summed E-state index contributed by atoms with van der Waals surface area (Å²) in [5.74, 6) is -4.47. The molecule has 14 nitrogen and oxygen atoms in total. The number of hydrogen-bond donors (Lipinski definition) is 4. The lowest BCUT2D eigenvalue weighted by atomic mass is 9.98. The standard InChI is InChI=1S/C42H46F4N8O6/c1-19(2)33(51-41(57)59-5)39(55)53-15-7-9-27(53)37-47-25-17-23(43)29(31(45)35(25)49-37)21-11-13-22(14-12-21)30-24(44)18-26-36(32(30)46)50-38(48-26)28-10-8-16-54(28)40(56)34(20(3)4)52-42(58)60-6/h11-14,17-20,27-28,33-34H,7-10,15-16H2,1-6H3,(H,47,49)(H,48,50)(H,51,57)(H,52,58)/t27-,28-,33-,34-/m0/s1. The highest BCUT2D eigenvalue weighted by molar-refractivity contribution is 5.89. The maximum absolute atomic E-state index is 16.2. The molecule has 7 rings (SSSR count). The second kappa shape index (κ2) is 16.8. The number of hydrogen-bond acceptors (Lipinski definition) is 8. The van der Waals surface area contributed by atoms with Crippen molar-refractivity contribution in [1.82, 2.24) is 40.4 Å². The molecule has 2 saturated heterocycles. The number of fused-ring (bicyclic) bond motifs is 2. The Morgan fingerprint density at radius 3 is 1.65 bits per heavy atom. The molecular weight excluding hydrogens is 789 g/mol. The largest absolute Gasteiger partial charge is 0.453 e. The van der Waals surface area contributed by atoms with Gasteiger partial charge in [-0.1, -0.05) is 52.0 Å². The predicted molar refractivity (Wildman–Crippen MR) is 212 cm³/mol. The van der Waals surface area contributed by atoms with E-state index in [1.165, 1.54) is 38.5 Å². The number of H-pyrrole nitrogens is 2. The van der Waals surface area contributed by atoms with Crippen LogP contribution in [0, 0.1) is 35.1 Å². The summed E-state index contributed by atoms with van der Waals surface area (Å²) in [4.78, 5) is 69.1. The van der Waals surface area contributed by atoms with Crippen LogP contribution >= 0.6 is 0 Å². The molecule has 60 heavy (non-hydrogen) atoms. The van der Waals surface area contributed by atoms with Crippen molar-refractivity contribution in [3.8, 4) is 22.3 Å². The molecule has 4 N–H and O–H groups in total. The van der Waals surface area contributed by atoms with Crippen molar-refractivity contribution in [2.45, 2.75) is 77.5 Å². The Morgan fingerprint density at radius 1 is 0.700 bits per heavy atom. The number of benzene rings is 3. The highest BCUT2D eigenvalue weighted by Crippen LogP contribution is 2.39. The van der Waals surface area contributed by atoms with Crippen LogP contribution in [0.15, 0.2) is 36.4 Å². The van der Waals surface area contributed by atoms with Crippen molar-refractivity contribution in [1.29, 1.82) is 0 Å². The van der Waals surface area contributed by atoms with Crippen LogP contribution in [0.2, 0.25) is 0 Å². The van der Waals surface area contributed by atoms with E-state index in [0.29, 0.717) is 38.8 Å². The van der Waals surface area contributed by atoms with Gasteiger partial charge in [-0.05, 0) is 48.6 Å². The lowest BCUT2D eigenvalue weighted by molar-refractivity contribution is -0.136. The van der Waals surface area contributed by atoms with E-state index >= 15 is 17.6 Å². The molecule has 4 heterocycles. The fraction of sp³-hybridized carbons (Fsp3) is 0.429. The van der Waals surface area contributed by atoms with Gasteiger partial charge in [0, 0.05) is 25.2 Å². The minimum atomic E-state index is -0.965. The summed E-state index contributed by atoms with van der Waals surface area (Å²) < 4.78 is 73.3. The Bertz CT molecular complexity index is 2300. The molecule has 0 aliphatic carbocycles. The number of ether oxygens (including phenoxy) is 2. The number of halogens is 4. The Kier molecular flexibility index (Phi) is 11.8. The Morgan fingerprint density at radius 2 is 1.17 bits per heavy atom. The van der Waals surface area contributed by atoms with Crippen LogP contribution < -0.4 is 10.6 Å². The molecule has 5 aromatic rings. The molecule has 2 aliphatic heterocycles. The number of nitrogens with zero attached hydrogens (tertiary/aromatic N) is 4. The first-order valence-electron chi connectivity index (χ1n) is 19.8. The van der Waals surface area contributed by atoms with Gasteiger partial charge in [0.1, 0.15) is 46.4 Å². The minimum absolute atomic E-state index is 0.00581. The number of carbonyl (C=O) groups is 4. The fourth-order valence-corrected chi connectivity index (χ4v) is 8.23. The number of rotatable bonds is 10. The van der Waals surface area contributed by atoms with Crippen molar-refractivity contribution in [2.24, 2.45) is 11.8 Å². The third-order valence-electron chi connectivity index (χ3n) is 11.3. The second-order valence-electron chi connectivity index (χ2n) is 15.8. The molecule has 2 fully saturated rings. The van der Waals surface area contributed by atoms with Crippen LogP contribution in [-0.4, -0.2) is 93.1 Å². The maximum atomic E-state index is 16.2. The van der Waals surface area contributed by atoms with Crippen LogP contribution in [0.25, 0.3) is 44.3 Å². The lowest BCUT2D eigenvalue weighted by Crippen LogP contribution is -2.51. The van der Waals surface area contributed by atoms with Crippen LogP contribution in [0.4, 0.5) is 27.2 Å². The second-order valence-corrected chi connectivity index (χ2v) is 15.8. The summed E-state index contributed by atoms with van der Waals surface area (Å²) >= 11 is 0. The normalized spacial score (nSPS) is 17.8. The van der Waals surface area contributed by atoms with Crippen LogP contribution in [0.5, 0.6) is 0 Å². The van der Waals surface area contributed by atoms with E-state index in [2.05, 4.69) is 30.6 Å². The smallest absolute Gasteiger partial charge is 0.407 e. The number of aromatic nitrogens is 4. The van der Waals surface area contributed by atoms with Gasteiger partial charge >= 0.3 is 12.2 Å². The van der Waals surface area contributed by atoms with Crippen molar-refractivity contribution in [3.05, 3.63) is 71.3 Å². The average Bonchev–Trinajstić information content (AvgIpc) is 4.05. The first-order chi connectivity index (χ1) is 28.6. The van der Waals surface area contributed by atoms with Crippen molar-refractivity contribution >= 4 is 46.1 Å². The van der Waals surface area contributed by atoms with E-state index in [9.17, 15) is 19.2 Å². The molecule has 0 spiro atoms. The Labute approximate surface area is 342 Å². The number of likely N-dealkylation sites (tertiary alicyclic amines) is 2. The van der Waals surface area contributed by atoms with Crippen molar-refractivity contribution in [2.75, 3.05) is 27.3 Å². The molecule has 18 heteroatoms. The van der Waals surface area contributed by atoms with E-state index in [0.717, 1.165) is 12.1 Å². The number of amides is 4. The van der Waals surface area contributed by atoms with E-state index < -0.39 is 70.7 Å². The molecule has 3 aromatic carbocycles. The molecule has 0 bridgehead atoms. The Balaban J connectivity index is 1.15. The van der Waals surface area contributed by atoms with Gasteiger partial charge in [-0.3, -0.25) is 9.59 Å². The predicted octanol–water partition coefficient (Wildman–Crippen LogP) is 7.42. The number of aromatic amines is 2.